The van der Waals surface area contributed by atoms with Gasteiger partial charge in [-0.25, -0.2) is 0 Å². The summed E-state index contributed by atoms with van der Waals surface area (Å²) in [5.74, 6) is 0.696. The first-order valence-corrected chi connectivity index (χ1v) is 6.76. The van der Waals surface area contributed by atoms with E-state index in [1.165, 1.54) is 0 Å². The van der Waals surface area contributed by atoms with E-state index in [0.717, 1.165) is 24.8 Å². The number of methoxy groups -OCH3 is 1. The number of unbranched alkanes of at least 4 members (excludes halogenated alkanes) is 2. The molecule has 0 saturated heterocycles. The largest absolute Gasteiger partial charge is 0.497 e. The van der Waals surface area contributed by atoms with Gasteiger partial charge in [0.15, 0.2) is 0 Å². The maximum Gasteiger partial charge on any atom is 0.220 e. The van der Waals surface area contributed by atoms with Gasteiger partial charge in [-0.15, -0.1) is 0 Å². The molecule has 1 unspecified atom stereocenters. The average molecular weight is 265 g/mol. The fourth-order valence-corrected chi connectivity index (χ4v) is 1.80. The first-order valence-electron chi connectivity index (χ1n) is 6.76. The van der Waals surface area contributed by atoms with Crippen LogP contribution in [0.5, 0.6) is 5.75 Å². The number of hydrogen-bond acceptors (Lipinski definition) is 3. The molecule has 1 rings (SSSR count). The van der Waals surface area contributed by atoms with Crippen LogP contribution < -0.4 is 10.1 Å². The van der Waals surface area contributed by atoms with Crippen LogP contribution in [0, 0.1) is 0 Å². The Kier molecular flexibility index (Phi) is 6.97. The molecule has 0 saturated carbocycles. The second-order valence-electron chi connectivity index (χ2n) is 4.55. The summed E-state index contributed by atoms with van der Waals surface area (Å²) in [4.78, 5) is 11.5. The van der Waals surface area contributed by atoms with Gasteiger partial charge in [0.25, 0.3) is 0 Å². The third kappa shape index (κ3) is 5.75. The molecule has 0 aliphatic carbocycles. The Hall–Kier alpha value is -1.55. The van der Waals surface area contributed by atoms with Gasteiger partial charge in [0.05, 0.1) is 13.2 Å². The molecule has 1 atom stereocenters. The smallest absolute Gasteiger partial charge is 0.220 e. The zero-order valence-electron chi connectivity index (χ0n) is 11.7. The lowest BCUT2D eigenvalue weighted by atomic mass is 10.1. The molecule has 0 heterocycles. The average Bonchev–Trinajstić information content (AvgIpc) is 2.45. The molecule has 0 radical (unpaired) electrons. The van der Waals surface area contributed by atoms with Crippen molar-refractivity contribution in [2.24, 2.45) is 0 Å². The molecule has 0 fully saturated rings. The molecule has 4 heteroatoms. The topological polar surface area (TPSA) is 58.6 Å². The Morgan fingerprint density at radius 1 is 1.42 bits per heavy atom. The molecule has 19 heavy (non-hydrogen) atoms. The number of aliphatic hydroxyl groups excluding tert-OH is 1. The third-order valence-corrected chi connectivity index (χ3v) is 2.98. The first kappa shape index (κ1) is 15.5. The fraction of sp³-hybridized carbons (Fsp3) is 0.533. The number of rotatable bonds is 8. The summed E-state index contributed by atoms with van der Waals surface area (Å²) in [6.45, 7) is 2.34. The van der Waals surface area contributed by atoms with Gasteiger partial charge in [-0.05, 0) is 24.1 Å². The predicted octanol–water partition coefficient (Wildman–Crippen LogP) is 2.43. The molecule has 106 valence electrons. The van der Waals surface area contributed by atoms with Crippen molar-refractivity contribution in [2.75, 3.05) is 13.7 Å². The van der Waals surface area contributed by atoms with Crippen LogP contribution in [0.3, 0.4) is 0 Å². The van der Waals surface area contributed by atoms with E-state index in [1.54, 1.807) is 13.2 Å². The summed E-state index contributed by atoms with van der Waals surface area (Å²) < 4.78 is 5.10. The highest BCUT2D eigenvalue weighted by atomic mass is 16.5. The molecule has 1 aromatic carbocycles. The molecule has 0 aliphatic heterocycles. The van der Waals surface area contributed by atoms with Crippen LogP contribution in [0.4, 0.5) is 0 Å². The standard InChI is InChI=1S/C15H23NO3/c1-3-4-5-9-15(18)16-11-14(17)12-7-6-8-13(10-12)19-2/h6-8,10,14,17H,3-5,9,11H2,1-2H3,(H,16,18). The van der Waals surface area contributed by atoms with E-state index >= 15 is 0 Å². The van der Waals surface area contributed by atoms with Gasteiger partial charge < -0.3 is 15.2 Å². The number of benzene rings is 1. The van der Waals surface area contributed by atoms with Crippen LogP contribution >= 0.6 is 0 Å². The Morgan fingerprint density at radius 2 is 2.21 bits per heavy atom. The fourth-order valence-electron chi connectivity index (χ4n) is 1.80. The number of carbonyl (C=O) groups excluding carboxylic acids is 1. The molecule has 0 spiro atoms. The second kappa shape index (κ2) is 8.53. The second-order valence-corrected chi connectivity index (χ2v) is 4.55. The molecule has 1 aromatic rings. The minimum absolute atomic E-state index is 0.00426. The van der Waals surface area contributed by atoms with Gasteiger partial charge in [-0.2, -0.15) is 0 Å². The number of nitrogens with one attached hydrogen (secondary N) is 1. The maximum atomic E-state index is 11.5. The Labute approximate surface area is 114 Å². The SMILES string of the molecule is CCCCCC(=O)NCC(O)c1cccc(OC)c1. The zero-order valence-corrected chi connectivity index (χ0v) is 11.7. The van der Waals surface area contributed by atoms with E-state index in [1.807, 2.05) is 18.2 Å². The summed E-state index contributed by atoms with van der Waals surface area (Å²) in [7, 11) is 1.58. The summed E-state index contributed by atoms with van der Waals surface area (Å²) in [6, 6.07) is 7.23. The van der Waals surface area contributed by atoms with Crippen molar-refractivity contribution in [1.29, 1.82) is 0 Å². The van der Waals surface area contributed by atoms with Crippen molar-refractivity contribution < 1.29 is 14.6 Å². The highest BCUT2D eigenvalue weighted by Crippen LogP contribution is 2.18. The van der Waals surface area contributed by atoms with Gasteiger partial charge in [-0.3, -0.25) is 4.79 Å². The zero-order chi connectivity index (χ0) is 14.1. The summed E-state index contributed by atoms with van der Waals surface area (Å²) in [5, 5.41) is 12.7. The lowest BCUT2D eigenvalue weighted by Gasteiger charge is -2.13. The van der Waals surface area contributed by atoms with Crippen LogP contribution in [0.25, 0.3) is 0 Å². The molecular formula is C15H23NO3. The highest BCUT2D eigenvalue weighted by molar-refractivity contribution is 5.75. The van der Waals surface area contributed by atoms with Crippen molar-refractivity contribution in [3.05, 3.63) is 29.8 Å². The predicted molar refractivity (Wildman–Crippen MR) is 75.1 cm³/mol. The molecular weight excluding hydrogens is 242 g/mol. The minimum Gasteiger partial charge on any atom is -0.497 e. The summed E-state index contributed by atoms with van der Waals surface area (Å²) in [5.41, 5.74) is 0.744. The van der Waals surface area contributed by atoms with Crippen molar-refractivity contribution in [1.82, 2.24) is 5.32 Å². The highest BCUT2D eigenvalue weighted by Gasteiger charge is 2.10. The Bertz CT molecular complexity index is 393. The van der Waals surface area contributed by atoms with Gasteiger partial charge >= 0.3 is 0 Å². The Morgan fingerprint density at radius 3 is 2.89 bits per heavy atom. The van der Waals surface area contributed by atoms with Crippen molar-refractivity contribution in [3.63, 3.8) is 0 Å². The number of amides is 1. The molecule has 4 nitrogen and oxygen atoms in total. The van der Waals surface area contributed by atoms with Crippen molar-refractivity contribution >= 4 is 5.91 Å². The molecule has 2 N–H and O–H groups in total. The van der Waals surface area contributed by atoms with Crippen molar-refractivity contribution in [3.8, 4) is 5.75 Å². The van der Waals surface area contributed by atoms with E-state index in [0.29, 0.717) is 12.2 Å². The van der Waals surface area contributed by atoms with Crippen LogP contribution in [0.1, 0.15) is 44.3 Å². The van der Waals surface area contributed by atoms with Crippen LogP contribution in [0.2, 0.25) is 0 Å². The van der Waals surface area contributed by atoms with Crippen molar-refractivity contribution in [2.45, 2.75) is 38.7 Å². The molecule has 0 aliphatic rings. The van der Waals surface area contributed by atoms with E-state index in [2.05, 4.69) is 12.2 Å². The number of aliphatic hydroxyl groups is 1. The van der Waals surface area contributed by atoms with Gasteiger partial charge in [-0.1, -0.05) is 31.9 Å². The van der Waals surface area contributed by atoms with Crippen LogP contribution in [0.15, 0.2) is 24.3 Å². The summed E-state index contributed by atoms with van der Waals surface area (Å²) >= 11 is 0. The van der Waals surface area contributed by atoms with Crippen LogP contribution in [-0.4, -0.2) is 24.7 Å². The van der Waals surface area contributed by atoms with Gasteiger partial charge in [0.2, 0.25) is 5.91 Å². The first-order chi connectivity index (χ1) is 9.17. The molecule has 0 bridgehead atoms. The van der Waals surface area contributed by atoms with E-state index in [9.17, 15) is 9.90 Å². The van der Waals surface area contributed by atoms with Crippen LogP contribution in [-0.2, 0) is 4.79 Å². The van der Waals surface area contributed by atoms with E-state index < -0.39 is 6.10 Å². The summed E-state index contributed by atoms with van der Waals surface area (Å²) in [6.07, 6.45) is 2.88. The maximum absolute atomic E-state index is 11.5. The number of ether oxygens (including phenoxy) is 1. The van der Waals surface area contributed by atoms with E-state index in [4.69, 9.17) is 4.74 Å². The van der Waals surface area contributed by atoms with E-state index in [-0.39, 0.29) is 12.5 Å². The lowest BCUT2D eigenvalue weighted by Crippen LogP contribution is -2.28. The van der Waals surface area contributed by atoms with Gasteiger partial charge in [0, 0.05) is 13.0 Å². The number of hydrogen-bond donors (Lipinski definition) is 2. The molecule has 0 aromatic heterocycles. The lowest BCUT2D eigenvalue weighted by molar-refractivity contribution is -0.121. The molecule has 1 amide bonds. The quantitative estimate of drug-likeness (QED) is 0.710. The monoisotopic (exact) mass is 265 g/mol. The number of carbonyl (C=O) groups is 1. The van der Waals surface area contributed by atoms with Gasteiger partial charge in [0.1, 0.15) is 5.75 Å². The normalized spacial score (nSPS) is 11.9. The Balaban J connectivity index is 2.37. The third-order valence-electron chi connectivity index (χ3n) is 2.98. The minimum atomic E-state index is -0.703.